The van der Waals surface area contributed by atoms with Crippen molar-refractivity contribution in [2.24, 2.45) is 0 Å². The van der Waals surface area contributed by atoms with Crippen molar-refractivity contribution in [1.82, 2.24) is 0 Å². The van der Waals surface area contributed by atoms with E-state index in [1.807, 2.05) is 31.2 Å². The summed E-state index contributed by atoms with van der Waals surface area (Å²) >= 11 is 0. The largest absolute Gasteiger partial charge is 0.618 e. The highest BCUT2D eigenvalue weighted by Gasteiger charge is 2.01. The van der Waals surface area contributed by atoms with Gasteiger partial charge in [-0.3, -0.25) is 0 Å². The van der Waals surface area contributed by atoms with Gasteiger partial charge in [0.15, 0.2) is 5.71 Å². The molecule has 1 aromatic carbocycles. The summed E-state index contributed by atoms with van der Waals surface area (Å²) in [5, 5.41) is 11.6. The molecule has 68 valence electrons. The highest BCUT2D eigenvalue weighted by Crippen LogP contribution is 2.09. The first-order chi connectivity index (χ1) is 6.25. The molecule has 0 saturated heterocycles. The van der Waals surface area contributed by atoms with Crippen LogP contribution in [-0.4, -0.2) is 10.5 Å². The van der Waals surface area contributed by atoms with Crippen molar-refractivity contribution >= 4 is 11.4 Å². The fourth-order valence-electron chi connectivity index (χ4n) is 1.08. The van der Waals surface area contributed by atoms with Crippen LogP contribution >= 0.6 is 0 Å². The molecular formula is C11H13NO. The molecule has 0 saturated carbocycles. The van der Waals surface area contributed by atoms with Gasteiger partial charge >= 0.3 is 0 Å². The maximum Gasteiger partial charge on any atom is 0.216 e. The van der Waals surface area contributed by atoms with Crippen LogP contribution in [0.25, 0.3) is 0 Å². The van der Waals surface area contributed by atoms with E-state index in [9.17, 15) is 5.21 Å². The van der Waals surface area contributed by atoms with E-state index in [2.05, 4.69) is 0 Å². The number of rotatable bonds is 2. The number of para-hydroxylation sites is 1. The van der Waals surface area contributed by atoms with Crippen molar-refractivity contribution in [3.8, 4) is 0 Å². The van der Waals surface area contributed by atoms with Crippen molar-refractivity contribution < 1.29 is 4.74 Å². The first-order valence-corrected chi connectivity index (χ1v) is 4.24. The van der Waals surface area contributed by atoms with Gasteiger partial charge in [0.2, 0.25) is 5.69 Å². The molecule has 0 aliphatic rings. The monoisotopic (exact) mass is 175 g/mol. The lowest BCUT2D eigenvalue weighted by Crippen LogP contribution is -2.04. The van der Waals surface area contributed by atoms with Crippen LogP contribution in [0.5, 0.6) is 0 Å². The lowest BCUT2D eigenvalue weighted by Gasteiger charge is -2.03. The molecule has 0 fully saturated rings. The summed E-state index contributed by atoms with van der Waals surface area (Å²) in [5.74, 6) is 0. The van der Waals surface area contributed by atoms with Crippen LogP contribution in [-0.2, 0) is 0 Å². The van der Waals surface area contributed by atoms with E-state index in [-0.39, 0.29) is 0 Å². The van der Waals surface area contributed by atoms with E-state index < -0.39 is 0 Å². The van der Waals surface area contributed by atoms with Crippen molar-refractivity contribution in [1.29, 1.82) is 0 Å². The number of benzene rings is 1. The van der Waals surface area contributed by atoms with Crippen molar-refractivity contribution in [3.05, 3.63) is 47.7 Å². The second-order valence-electron chi connectivity index (χ2n) is 2.77. The van der Waals surface area contributed by atoms with Crippen molar-refractivity contribution in [3.63, 3.8) is 0 Å². The van der Waals surface area contributed by atoms with Gasteiger partial charge in [0.05, 0.1) is 0 Å². The van der Waals surface area contributed by atoms with Gasteiger partial charge in [-0.2, -0.15) is 4.74 Å². The van der Waals surface area contributed by atoms with Crippen molar-refractivity contribution in [2.45, 2.75) is 13.8 Å². The molecule has 2 heteroatoms. The molecule has 0 spiro atoms. The molecule has 13 heavy (non-hydrogen) atoms. The summed E-state index contributed by atoms with van der Waals surface area (Å²) < 4.78 is 0.917. The lowest BCUT2D eigenvalue weighted by molar-refractivity contribution is -0.360. The summed E-state index contributed by atoms with van der Waals surface area (Å²) in [6, 6.07) is 9.18. The smallest absolute Gasteiger partial charge is 0.216 e. The normalized spacial score (nSPS) is 13.1. The molecule has 0 aliphatic heterocycles. The quantitative estimate of drug-likeness (QED) is 0.294. The molecule has 2 nitrogen and oxygen atoms in total. The van der Waals surface area contributed by atoms with Crippen LogP contribution in [0.1, 0.15) is 13.8 Å². The predicted octanol–water partition coefficient (Wildman–Crippen LogP) is 2.87. The standard InChI is InChI=1S/C11H13NO/c1-3-7-10(2)12(13)11-8-5-4-6-9-11/h3-9H,1-2H3/b7-3+,12-10-. The third kappa shape index (κ3) is 2.44. The van der Waals surface area contributed by atoms with Crippen LogP contribution in [0.15, 0.2) is 42.5 Å². The summed E-state index contributed by atoms with van der Waals surface area (Å²) in [5.41, 5.74) is 1.35. The third-order valence-electron chi connectivity index (χ3n) is 1.72. The van der Waals surface area contributed by atoms with E-state index in [1.165, 1.54) is 0 Å². The Labute approximate surface area is 78.4 Å². The number of hydrogen-bond acceptors (Lipinski definition) is 1. The van der Waals surface area contributed by atoms with E-state index in [4.69, 9.17) is 0 Å². The zero-order valence-corrected chi connectivity index (χ0v) is 7.90. The Morgan fingerprint density at radius 1 is 1.31 bits per heavy atom. The van der Waals surface area contributed by atoms with Crippen molar-refractivity contribution in [2.75, 3.05) is 0 Å². The van der Waals surface area contributed by atoms with E-state index >= 15 is 0 Å². The Morgan fingerprint density at radius 2 is 1.92 bits per heavy atom. The second kappa shape index (κ2) is 4.45. The summed E-state index contributed by atoms with van der Waals surface area (Å²) in [6.07, 6.45) is 3.64. The van der Waals surface area contributed by atoms with Crippen LogP contribution in [0, 0.1) is 5.21 Å². The summed E-state index contributed by atoms with van der Waals surface area (Å²) in [7, 11) is 0. The minimum atomic E-state index is 0.665. The van der Waals surface area contributed by atoms with Gasteiger partial charge in [-0.15, -0.1) is 0 Å². The molecule has 1 rings (SSSR count). The third-order valence-corrected chi connectivity index (χ3v) is 1.72. The minimum Gasteiger partial charge on any atom is -0.618 e. The van der Waals surface area contributed by atoms with Gasteiger partial charge in [-0.05, 0) is 6.92 Å². The van der Waals surface area contributed by atoms with Gasteiger partial charge in [-0.1, -0.05) is 24.3 Å². The van der Waals surface area contributed by atoms with Gasteiger partial charge in [0, 0.05) is 25.1 Å². The highest BCUT2D eigenvalue weighted by atomic mass is 16.5. The molecule has 0 bridgehead atoms. The fraction of sp³-hybridized carbons (Fsp3) is 0.182. The van der Waals surface area contributed by atoms with Gasteiger partial charge in [0.25, 0.3) is 0 Å². The van der Waals surface area contributed by atoms with Crippen LogP contribution < -0.4 is 0 Å². The van der Waals surface area contributed by atoms with E-state index in [0.29, 0.717) is 11.4 Å². The Kier molecular flexibility index (Phi) is 3.26. The molecule has 0 heterocycles. The Bertz CT molecular complexity index is 325. The molecule has 0 N–H and O–H groups in total. The molecule has 0 aliphatic carbocycles. The van der Waals surface area contributed by atoms with Gasteiger partial charge in [0.1, 0.15) is 0 Å². The molecule has 0 radical (unpaired) electrons. The predicted molar refractivity (Wildman–Crippen MR) is 55.2 cm³/mol. The first kappa shape index (κ1) is 9.52. The van der Waals surface area contributed by atoms with Gasteiger partial charge in [-0.25, -0.2) is 0 Å². The fourth-order valence-corrected chi connectivity index (χ4v) is 1.08. The molecular weight excluding hydrogens is 162 g/mol. The minimum absolute atomic E-state index is 0.665. The zero-order valence-electron chi connectivity index (χ0n) is 7.90. The zero-order chi connectivity index (χ0) is 9.68. The van der Waals surface area contributed by atoms with Crippen LogP contribution in [0.2, 0.25) is 0 Å². The average Bonchev–Trinajstić information content (AvgIpc) is 2.18. The number of hydrogen-bond donors (Lipinski definition) is 0. The molecule has 0 unspecified atom stereocenters. The SMILES string of the molecule is C/C=C/C(C)=[N+](\[O-])c1ccccc1. The lowest BCUT2D eigenvalue weighted by atomic mass is 10.3. The topological polar surface area (TPSA) is 26.1 Å². The number of allylic oxidation sites excluding steroid dienone is 2. The molecule has 0 amide bonds. The Hall–Kier alpha value is -1.57. The number of nitrogens with zero attached hydrogens (tertiary/aromatic N) is 1. The summed E-state index contributed by atoms with van der Waals surface area (Å²) in [6.45, 7) is 3.68. The molecule has 1 aromatic rings. The molecule has 0 atom stereocenters. The highest BCUT2D eigenvalue weighted by molar-refractivity contribution is 5.89. The Morgan fingerprint density at radius 3 is 2.46 bits per heavy atom. The average molecular weight is 175 g/mol. The maximum atomic E-state index is 11.6. The van der Waals surface area contributed by atoms with Crippen LogP contribution in [0.3, 0.4) is 0 Å². The van der Waals surface area contributed by atoms with E-state index in [1.54, 1.807) is 25.1 Å². The second-order valence-corrected chi connectivity index (χ2v) is 2.77. The van der Waals surface area contributed by atoms with Gasteiger partial charge < -0.3 is 5.21 Å². The maximum absolute atomic E-state index is 11.6. The first-order valence-electron chi connectivity index (χ1n) is 4.24. The molecule has 0 aromatic heterocycles. The van der Waals surface area contributed by atoms with E-state index in [0.717, 1.165) is 4.74 Å². The summed E-state index contributed by atoms with van der Waals surface area (Å²) in [4.78, 5) is 0. The van der Waals surface area contributed by atoms with Crippen LogP contribution in [0.4, 0.5) is 5.69 Å². The Balaban J connectivity index is 3.03.